The fourth-order valence-corrected chi connectivity index (χ4v) is 3.44. The average Bonchev–Trinajstić information content (AvgIpc) is 2.99. The van der Waals surface area contributed by atoms with Crippen LogP contribution in [-0.4, -0.2) is 42.2 Å². The first-order valence-electron chi connectivity index (χ1n) is 9.64. The molecule has 1 fully saturated rings. The summed E-state index contributed by atoms with van der Waals surface area (Å²) >= 11 is 0. The summed E-state index contributed by atoms with van der Waals surface area (Å²) in [6.45, 7) is 3.35. The van der Waals surface area contributed by atoms with E-state index in [1.165, 1.54) is 7.05 Å². The molecule has 3 rings (SSSR count). The van der Waals surface area contributed by atoms with Crippen LogP contribution in [0.15, 0.2) is 48.5 Å². The lowest BCUT2D eigenvalue weighted by Gasteiger charge is -2.25. The number of anilines is 1. The van der Waals surface area contributed by atoms with Gasteiger partial charge in [0.1, 0.15) is 12.1 Å². The van der Waals surface area contributed by atoms with Crippen molar-refractivity contribution < 1.29 is 19.2 Å². The molecule has 0 bridgehead atoms. The van der Waals surface area contributed by atoms with Gasteiger partial charge in [0.2, 0.25) is 5.91 Å². The number of imide groups is 1. The number of rotatable bonds is 6. The van der Waals surface area contributed by atoms with E-state index < -0.39 is 29.9 Å². The fraction of sp³-hybridized carbons (Fsp3) is 0.273. The highest BCUT2D eigenvalue weighted by molar-refractivity contribution is 6.10. The van der Waals surface area contributed by atoms with E-state index >= 15 is 0 Å². The second-order valence-corrected chi connectivity index (χ2v) is 7.15. The molecule has 1 aliphatic heterocycles. The van der Waals surface area contributed by atoms with Gasteiger partial charge in [-0.15, -0.1) is 0 Å². The molecule has 2 aromatic rings. The van der Waals surface area contributed by atoms with Crippen molar-refractivity contribution in [1.29, 1.82) is 0 Å². The van der Waals surface area contributed by atoms with Gasteiger partial charge in [-0.2, -0.15) is 0 Å². The molecule has 0 aromatic heterocycles. The third kappa shape index (κ3) is 3.89. The first kappa shape index (κ1) is 21.0. The van der Waals surface area contributed by atoms with Crippen molar-refractivity contribution in [3.05, 3.63) is 65.2 Å². The van der Waals surface area contributed by atoms with Crippen LogP contribution < -0.4 is 16.0 Å². The third-order valence-corrected chi connectivity index (χ3v) is 5.21. The Kier molecular flexibility index (Phi) is 5.86. The smallest absolute Gasteiger partial charge is 0.325 e. The van der Waals surface area contributed by atoms with Crippen LogP contribution in [0.1, 0.15) is 34.8 Å². The zero-order chi connectivity index (χ0) is 21.9. The highest BCUT2D eigenvalue weighted by Crippen LogP contribution is 2.32. The molecular weight excluding hydrogens is 384 g/mol. The first-order chi connectivity index (χ1) is 14.3. The van der Waals surface area contributed by atoms with E-state index in [9.17, 15) is 19.2 Å². The summed E-state index contributed by atoms with van der Waals surface area (Å²) in [6, 6.07) is 13.1. The summed E-state index contributed by atoms with van der Waals surface area (Å²) < 4.78 is 0. The van der Waals surface area contributed by atoms with Crippen LogP contribution in [0.4, 0.5) is 10.5 Å². The van der Waals surface area contributed by atoms with Gasteiger partial charge in [-0.3, -0.25) is 19.3 Å². The number of amides is 5. The molecule has 2 aromatic carbocycles. The predicted octanol–water partition coefficient (Wildman–Crippen LogP) is 2.15. The summed E-state index contributed by atoms with van der Waals surface area (Å²) in [7, 11) is 1.53. The lowest BCUT2D eigenvalue weighted by molar-refractivity contribution is -0.134. The minimum absolute atomic E-state index is 0.237. The van der Waals surface area contributed by atoms with Gasteiger partial charge < -0.3 is 16.0 Å². The summed E-state index contributed by atoms with van der Waals surface area (Å²) in [5, 5.41) is 7.92. The number of hydrogen-bond acceptors (Lipinski definition) is 4. The van der Waals surface area contributed by atoms with Gasteiger partial charge in [0, 0.05) is 18.3 Å². The quantitative estimate of drug-likeness (QED) is 0.637. The molecule has 1 atom stereocenters. The topological polar surface area (TPSA) is 108 Å². The van der Waals surface area contributed by atoms with Crippen LogP contribution in [0, 0.1) is 6.92 Å². The van der Waals surface area contributed by atoms with Crippen molar-refractivity contribution in [1.82, 2.24) is 15.5 Å². The number of nitrogens with zero attached hydrogens (tertiary/aromatic N) is 1. The average molecular weight is 408 g/mol. The molecule has 1 saturated heterocycles. The molecule has 0 spiro atoms. The van der Waals surface area contributed by atoms with Gasteiger partial charge in [-0.1, -0.05) is 36.8 Å². The number of aryl methyl sites for hydroxylation is 1. The van der Waals surface area contributed by atoms with E-state index in [1.807, 2.05) is 38.1 Å². The number of hydrogen-bond donors (Lipinski definition) is 3. The second-order valence-electron chi connectivity index (χ2n) is 7.15. The third-order valence-electron chi connectivity index (χ3n) is 5.21. The fourth-order valence-electron chi connectivity index (χ4n) is 3.44. The van der Waals surface area contributed by atoms with Crippen LogP contribution in [0.5, 0.6) is 0 Å². The van der Waals surface area contributed by atoms with Crippen LogP contribution >= 0.6 is 0 Å². The summed E-state index contributed by atoms with van der Waals surface area (Å²) in [4.78, 5) is 50.6. The summed E-state index contributed by atoms with van der Waals surface area (Å²) in [5.74, 6) is -1.20. The SMILES string of the molecule is CC[C@@]1(c2ccc(C)cc2)NC(=O)N(CC(=O)Nc2ccc(C(=O)NC)cc2)C1=O. The van der Waals surface area contributed by atoms with Crippen molar-refractivity contribution in [2.45, 2.75) is 25.8 Å². The van der Waals surface area contributed by atoms with E-state index in [1.54, 1.807) is 24.3 Å². The molecule has 5 amide bonds. The maximum Gasteiger partial charge on any atom is 0.325 e. The highest BCUT2D eigenvalue weighted by Gasteiger charge is 2.51. The minimum Gasteiger partial charge on any atom is -0.355 e. The molecule has 1 heterocycles. The molecule has 0 unspecified atom stereocenters. The van der Waals surface area contributed by atoms with Crippen molar-refractivity contribution in [3.8, 4) is 0 Å². The first-order valence-corrected chi connectivity index (χ1v) is 9.64. The van der Waals surface area contributed by atoms with Crippen molar-refractivity contribution in [3.63, 3.8) is 0 Å². The monoisotopic (exact) mass is 408 g/mol. The Balaban J connectivity index is 1.72. The summed E-state index contributed by atoms with van der Waals surface area (Å²) in [6.07, 6.45) is 0.361. The van der Waals surface area contributed by atoms with Crippen molar-refractivity contribution in [2.75, 3.05) is 18.9 Å². The Morgan fingerprint density at radius 3 is 2.23 bits per heavy atom. The zero-order valence-corrected chi connectivity index (χ0v) is 17.1. The Labute approximate surface area is 174 Å². The van der Waals surface area contributed by atoms with Gasteiger partial charge >= 0.3 is 6.03 Å². The lowest BCUT2D eigenvalue weighted by atomic mass is 9.87. The number of benzene rings is 2. The minimum atomic E-state index is -1.18. The van der Waals surface area contributed by atoms with Gasteiger partial charge in [0.25, 0.3) is 11.8 Å². The predicted molar refractivity (Wildman–Crippen MR) is 112 cm³/mol. The van der Waals surface area contributed by atoms with Gasteiger partial charge in [0.05, 0.1) is 0 Å². The maximum atomic E-state index is 13.1. The lowest BCUT2D eigenvalue weighted by Crippen LogP contribution is -2.44. The molecule has 0 saturated carbocycles. The Morgan fingerprint density at radius 2 is 1.67 bits per heavy atom. The molecule has 1 aliphatic rings. The van der Waals surface area contributed by atoms with Crippen molar-refractivity contribution in [2.24, 2.45) is 0 Å². The van der Waals surface area contributed by atoms with E-state index in [0.29, 0.717) is 23.2 Å². The van der Waals surface area contributed by atoms with E-state index in [-0.39, 0.29) is 5.91 Å². The normalized spacial score (nSPS) is 18.2. The molecule has 0 radical (unpaired) electrons. The molecule has 8 heteroatoms. The van der Waals surface area contributed by atoms with Crippen LogP contribution in [0.25, 0.3) is 0 Å². The zero-order valence-electron chi connectivity index (χ0n) is 17.1. The molecule has 8 nitrogen and oxygen atoms in total. The Bertz CT molecular complexity index is 985. The van der Waals surface area contributed by atoms with E-state index in [2.05, 4.69) is 16.0 Å². The Morgan fingerprint density at radius 1 is 1.03 bits per heavy atom. The van der Waals surface area contributed by atoms with Crippen molar-refractivity contribution >= 4 is 29.4 Å². The molecule has 156 valence electrons. The number of urea groups is 1. The van der Waals surface area contributed by atoms with Gasteiger partial charge in [0.15, 0.2) is 0 Å². The largest absolute Gasteiger partial charge is 0.355 e. The Hall–Kier alpha value is -3.68. The van der Waals surface area contributed by atoms with Gasteiger partial charge in [-0.05, 0) is 43.2 Å². The van der Waals surface area contributed by atoms with Crippen LogP contribution in [0.2, 0.25) is 0 Å². The van der Waals surface area contributed by atoms with E-state index in [4.69, 9.17) is 0 Å². The van der Waals surface area contributed by atoms with Crippen LogP contribution in [-0.2, 0) is 15.1 Å². The maximum absolute atomic E-state index is 13.1. The van der Waals surface area contributed by atoms with Crippen LogP contribution in [0.3, 0.4) is 0 Å². The molecule has 3 N–H and O–H groups in total. The standard InChI is InChI=1S/C22H24N4O4/c1-4-22(16-9-5-14(2)6-10-16)20(29)26(21(30)25-22)13-18(27)24-17-11-7-15(8-12-17)19(28)23-3/h5-12H,4,13H2,1-3H3,(H,23,28)(H,24,27)(H,25,30)/t22-/m0/s1. The van der Waals surface area contributed by atoms with Gasteiger partial charge in [-0.25, -0.2) is 4.79 Å². The number of carbonyl (C=O) groups is 4. The number of carbonyl (C=O) groups excluding carboxylic acids is 4. The molecule has 0 aliphatic carbocycles. The summed E-state index contributed by atoms with van der Waals surface area (Å²) in [5.41, 5.74) is 1.46. The molecule has 30 heavy (non-hydrogen) atoms. The second kappa shape index (κ2) is 8.36. The molecular formula is C22H24N4O4. The number of nitrogens with one attached hydrogen (secondary N) is 3. The van der Waals surface area contributed by atoms with E-state index in [0.717, 1.165) is 10.5 Å². The highest BCUT2D eigenvalue weighted by atomic mass is 16.2.